The third kappa shape index (κ3) is 4.98. The van der Waals surface area contributed by atoms with Gasteiger partial charge in [0.15, 0.2) is 0 Å². The van der Waals surface area contributed by atoms with Crippen LogP contribution in [-0.2, 0) is 24.9 Å². The van der Waals surface area contributed by atoms with Crippen molar-refractivity contribution in [3.05, 3.63) is 83.7 Å². The first-order chi connectivity index (χ1) is 17.3. The van der Waals surface area contributed by atoms with Gasteiger partial charge in [0.2, 0.25) is 5.91 Å². The van der Waals surface area contributed by atoms with Gasteiger partial charge in [0.25, 0.3) is 5.24 Å². The summed E-state index contributed by atoms with van der Waals surface area (Å²) in [5, 5.41) is 9.05. The summed E-state index contributed by atoms with van der Waals surface area (Å²) in [5.41, 5.74) is 3.02. The number of amides is 2. The molecule has 2 heterocycles. The van der Waals surface area contributed by atoms with E-state index < -0.39 is 16.4 Å². The fourth-order valence-corrected chi connectivity index (χ4v) is 4.40. The van der Waals surface area contributed by atoms with Gasteiger partial charge < -0.3 is 14.0 Å². The van der Waals surface area contributed by atoms with Crippen LogP contribution in [0.15, 0.2) is 66.7 Å². The van der Waals surface area contributed by atoms with Gasteiger partial charge in [0.05, 0.1) is 29.3 Å². The van der Waals surface area contributed by atoms with Gasteiger partial charge in [-0.3, -0.25) is 14.9 Å². The summed E-state index contributed by atoms with van der Waals surface area (Å²) in [6, 6.07) is 21.7. The number of nitriles is 1. The average Bonchev–Trinajstić information content (AvgIpc) is 3.32. The van der Waals surface area contributed by atoms with Crippen molar-refractivity contribution in [3.63, 3.8) is 0 Å². The van der Waals surface area contributed by atoms with Gasteiger partial charge in [-0.05, 0) is 60.5 Å². The SMILES string of the molecule is [2H]C1(Cc2ccc(OCc3nc4ccc(Oc5ccc(C#N)cc5)cc4n3C)cc2)SC(=O)NC1=O. The molecule has 1 aromatic heterocycles. The molecule has 0 spiro atoms. The summed E-state index contributed by atoms with van der Waals surface area (Å²) >= 11 is 0.693. The molecule has 35 heavy (non-hydrogen) atoms. The van der Waals surface area contributed by atoms with Crippen LogP contribution in [0.2, 0.25) is 0 Å². The Kier molecular flexibility index (Phi) is 5.78. The number of thioether (sulfide) groups is 1. The van der Waals surface area contributed by atoms with Crippen molar-refractivity contribution in [2.24, 2.45) is 7.05 Å². The van der Waals surface area contributed by atoms with Gasteiger partial charge in [-0.25, -0.2) is 4.98 Å². The third-order valence-corrected chi connectivity index (χ3v) is 6.37. The second-order valence-corrected chi connectivity index (χ2v) is 8.92. The van der Waals surface area contributed by atoms with Crippen molar-refractivity contribution >= 4 is 33.9 Å². The number of rotatable bonds is 7. The van der Waals surface area contributed by atoms with E-state index in [1.54, 1.807) is 48.5 Å². The lowest BCUT2D eigenvalue weighted by Crippen LogP contribution is -2.25. The van der Waals surface area contributed by atoms with Crippen molar-refractivity contribution < 1.29 is 20.4 Å². The zero-order valence-electron chi connectivity index (χ0n) is 19.6. The molecule has 0 radical (unpaired) electrons. The first-order valence-corrected chi connectivity index (χ1v) is 11.5. The molecule has 3 aromatic carbocycles. The molecule has 8 nitrogen and oxygen atoms in total. The fraction of sp³-hybridized carbons (Fsp3) is 0.154. The number of nitrogens with one attached hydrogen (secondary N) is 1. The van der Waals surface area contributed by atoms with E-state index in [-0.39, 0.29) is 13.0 Å². The first kappa shape index (κ1) is 21.3. The smallest absolute Gasteiger partial charge is 0.286 e. The molecular formula is C26H20N4O4S. The quantitative estimate of drug-likeness (QED) is 0.404. The Labute approximate surface area is 206 Å². The number of aromatic nitrogens is 2. The highest BCUT2D eigenvalue weighted by Crippen LogP contribution is 2.27. The standard InChI is InChI=1S/C26H20N4O4S/c1-30-22-13-20(34-19-8-4-17(14-27)5-9-19)10-11-21(22)28-24(30)15-33-18-6-2-16(3-7-18)12-23-25(31)29-26(32)35-23/h2-11,13,23H,12,15H2,1H3,(H,29,31,32)/i23D. The lowest BCUT2D eigenvalue weighted by Gasteiger charge is -2.09. The van der Waals surface area contributed by atoms with Crippen LogP contribution in [-0.4, -0.2) is 25.9 Å². The lowest BCUT2D eigenvalue weighted by molar-refractivity contribution is -0.118. The molecule has 1 saturated heterocycles. The lowest BCUT2D eigenvalue weighted by atomic mass is 10.1. The average molecular weight is 486 g/mol. The second kappa shape index (κ2) is 9.52. The maximum atomic E-state index is 11.9. The summed E-state index contributed by atoms with van der Waals surface area (Å²) in [7, 11) is 1.90. The molecule has 0 bridgehead atoms. The number of nitrogens with zero attached hydrogens (tertiary/aromatic N) is 3. The number of imidazole rings is 1. The van der Waals surface area contributed by atoms with Crippen LogP contribution in [0.25, 0.3) is 11.0 Å². The molecule has 174 valence electrons. The first-order valence-electron chi connectivity index (χ1n) is 11.2. The van der Waals surface area contributed by atoms with E-state index in [9.17, 15) is 9.59 Å². The summed E-state index contributed by atoms with van der Waals surface area (Å²) in [6.45, 7) is 0.242. The van der Waals surface area contributed by atoms with E-state index in [0.29, 0.717) is 34.6 Å². The molecule has 1 unspecified atom stereocenters. The number of carbonyl (C=O) groups is 2. The Morgan fingerprint density at radius 1 is 1.09 bits per heavy atom. The Hall–Kier alpha value is -4.29. The van der Waals surface area contributed by atoms with E-state index in [1.807, 2.05) is 29.8 Å². The minimum Gasteiger partial charge on any atom is -0.486 e. The van der Waals surface area contributed by atoms with Crippen LogP contribution in [0.3, 0.4) is 0 Å². The van der Waals surface area contributed by atoms with Crippen LogP contribution in [0.5, 0.6) is 17.2 Å². The molecule has 1 atom stereocenters. The molecular weight excluding hydrogens is 464 g/mol. The Bertz CT molecular complexity index is 1510. The molecule has 1 aliphatic heterocycles. The van der Waals surface area contributed by atoms with E-state index in [2.05, 4.69) is 16.4 Å². The number of fused-ring (bicyclic) bond motifs is 1. The number of hydrogen-bond donors (Lipinski definition) is 1. The summed E-state index contributed by atoms with van der Waals surface area (Å²) in [6.07, 6.45) is 0.118. The number of carbonyl (C=O) groups excluding carboxylic acids is 2. The minimum atomic E-state index is -1.55. The molecule has 1 fully saturated rings. The highest BCUT2D eigenvalue weighted by Gasteiger charge is 2.31. The van der Waals surface area contributed by atoms with Gasteiger partial charge in [0, 0.05) is 13.1 Å². The van der Waals surface area contributed by atoms with Crippen molar-refractivity contribution in [1.82, 2.24) is 14.9 Å². The van der Waals surface area contributed by atoms with Gasteiger partial charge in [0.1, 0.15) is 29.7 Å². The Morgan fingerprint density at radius 3 is 2.49 bits per heavy atom. The van der Waals surface area contributed by atoms with Crippen LogP contribution in [0.4, 0.5) is 4.79 Å². The number of benzene rings is 3. The van der Waals surface area contributed by atoms with Gasteiger partial charge in [-0.2, -0.15) is 5.26 Å². The summed E-state index contributed by atoms with van der Waals surface area (Å²) < 4.78 is 22.0. The van der Waals surface area contributed by atoms with Gasteiger partial charge >= 0.3 is 0 Å². The molecule has 1 aliphatic rings. The molecule has 1 N–H and O–H groups in total. The van der Waals surface area contributed by atoms with Crippen LogP contribution in [0.1, 0.15) is 18.3 Å². The van der Waals surface area contributed by atoms with Crippen molar-refractivity contribution in [3.8, 4) is 23.3 Å². The third-order valence-electron chi connectivity index (χ3n) is 5.50. The zero-order chi connectivity index (χ0) is 25.3. The summed E-state index contributed by atoms with van der Waals surface area (Å²) in [4.78, 5) is 28.0. The number of hydrogen-bond acceptors (Lipinski definition) is 7. The fourth-order valence-electron chi connectivity index (χ4n) is 3.65. The molecule has 4 aromatic rings. The predicted octanol–water partition coefficient (Wildman–Crippen LogP) is 4.71. The topological polar surface area (TPSA) is 106 Å². The maximum Gasteiger partial charge on any atom is 0.286 e. The largest absolute Gasteiger partial charge is 0.486 e. The highest BCUT2D eigenvalue weighted by molar-refractivity contribution is 8.15. The van der Waals surface area contributed by atoms with Crippen molar-refractivity contribution in [2.75, 3.05) is 0 Å². The van der Waals surface area contributed by atoms with Crippen molar-refractivity contribution in [1.29, 1.82) is 5.26 Å². The van der Waals surface area contributed by atoms with E-state index in [0.717, 1.165) is 22.4 Å². The van der Waals surface area contributed by atoms with Gasteiger partial charge in [-0.15, -0.1) is 0 Å². The summed E-state index contributed by atoms with van der Waals surface area (Å²) in [5.74, 6) is 2.05. The van der Waals surface area contributed by atoms with Crippen LogP contribution < -0.4 is 14.8 Å². The number of imide groups is 1. The molecule has 9 heteroatoms. The van der Waals surface area contributed by atoms with Crippen molar-refractivity contribution in [2.45, 2.75) is 18.3 Å². The van der Waals surface area contributed by atoms with Crippen LogP contribution in [0, 0.1) is 11.3 Å². The van der Waals surface area contributed by atoms with Crippen LogP contribution >= 0.6 is 11.8 Å². The Morgan fingerprint density at radius 2 is 1.80 bits per heavy atom. The highest BCUT2D eigenvalue weighted by atomic mass is 32.2. The molecule has 0 aliphatic carbocycles. The molecule has 2 amide bonds. The maximum absolute atomic E-state index is 11.9. The minimum absolute atomic E-state index is 0.118. The predicted molar refractivity (Wildman–Crippen MR) is 131 cm³/mol. The molecule has 5 rings (SSSR count). The monoisotopic (exact) mass is 485 g/mol. The van der Waals surface area contributed by atoms with E-state index in [4.69, 9.17) is 16.1 Å². The zero-order valence-corrected chi connectivity index (χ0v) is 19.5. The Balaban J connectivity index is 1.24. The normalized spacial score (nSPS) is 17.7. The van der Waals surface area contributed by atoms with E-state index in [1.165, 1.54) is 0 Å². The van der Waals surface area contributed by atoms with Gasteiger partial charge in [-0.1, -0.05) is 23.9 Å². The second-order valence-electron chi connectivity index (χ2n) is 7.85. The van der Waals surface area contributed by atoms with E-state index >= 15 is 0 Å². The molecule has 0 saturated carbocycles. The number of aryl methyl sites for hydroxylation is 1. The number of ether oxygens (including phenoxy) is 2.